The van der Waals surface area contributed by atoms with Gasteiger partial charge in [-0.15, -0.1) is 0 Å². The predicted molar refractivity (Wildman–Crippen MR) is 198 cm³/mol. The summed E-state index contributed by atoms with van der Waals surface area (Å²) in [5.41, 5.74) is 2.91. The third kappa shape index (κ3) is 11.3. The van der Waals surface area contributed by atoms with Crippen LogP contribution < -0.4 is 15.4 Å². The molecule has 0 radical (unpaired) electrons. The molecule has 1 saturated carbocycles. The normalized spacial score (nSPS) is 24.2. The topological polar surface area (TPSA) is 139 Å². The molecule has 6 rings (SSSR count). The lowest BCUT2D eigenvalue weighted by molar-refractivity contribution is -0.127. The maximum Gasteiger partial charge on any atom is 0.407 e. The zero-order chi connectivity index (χ0) is 36.1. The highest BCUT2D eigenvalue weighted by molar-refractivity contribution is 5.80. The van der Waals surface area contributed by atoms with E-state index in [9.17, 15) is 19.8 Å². The maximum absolute atomic E-state index is 14.0. The molecule has 2 aliphatic heterocycles. The lowest BCUT2D eigenvalue weighted by Crippen LogP contribution is -2.47. The van der Waals surface area contributed by atoms with Crippen LogP contribution in [0.4, 0.5) is 4.79 Å². The first-order chi connectivity index (χ1) is 25.4. The van der Waals surface area contributed by atoms with Gasteiger partial charge in [0.25, 0.3) is 0 Å². The number of carbonyl (C=O) groups is 2. The fourth-order valence-corrected chi connectivity index (χ4v) is 7.98. The summed E-state index contributed by atoms with van der Waals surface area (Å²) in [5, 5.41) is 28.8. The summed E-state index contributed by atoms with van der Waals surface area (Å²) in [7, 11) is 0. The quantitative estimate of drug-likeness (QED) is 0.193. The molecule has 0 unspecified atom stereocenters. The molecule has 2 saturated heterocycles. The Bertz CT molecular complexity index is 1440. The number of hydrogen-bond donors (Lipinski definition) is 4. The summed E-state index contributed by atoms with van der Waals surface area (Å²) in [6.07, 6.45) is 9.22. The van der Waals surface area contributed by atoms with Gasteiger partial charge in [0.2, 0.25) is 5.91 Å². The van der Waals surface area contributed by atoms with Crippen LogP contribution in [0.2, 0.25) is 0 Å². The number of rotatable bonds is 16. The number of alkyl carbamates (subject to hydrolysis) is 1. The van der Waals surface area contributed by atoms with Crippen LogP contribution >= 0.6 is 0 Å². The summed E-state index contributed by atoms with van der Waals surface area (Å²) in [5.74, 6) is 0.336. The van der Waals surface area contributed by atoms with Crippen molar-refractivity contribution in [1.82, 2.24) is 15.5 Å². The maximum atomic E-state index is 14.0. The Labute approximate surface area is 308 Å². The Hall–Kier alpha value is -3.48. The second-order valence-electron chi connectivity index (χ2n) is 14.8. The number of benzene rings is 2. The van der Waals surface area contributed by atoms with Crippen molar-refractivity contribution in [3.05, 3.63) is 71.3 Å². The first-order valence-electron chi connectivity index (χ1n) is 19.4. The predicted octanol–water partition coefficient (Wildman–Crippen LogP) is 4.80. The number of morpholine rings is 1. The minimum absolute atomic E-state index is 0.140. The Kier molecular flexibility index (Phi) is 14.4. The van der Waals surface area contributed by atoms with Crippen molar-refractivity contribution in [2.24, 2.45) is 11.8 Å². The molecule has 4 N–H and O–H groups in total. The molecule has 2 aromatic rings. The van der Waals surface area contributed by atoms with Crippen molar-refractivity contribution in [2.75, 3.05) is 52.7 Å². The molecule has 284 valence electrons. The van der Waals surface area contributed by atoms with Gasteiger partial charge in [-0.25, -0.2) is 4.79 Å². The average molecular weight is 720 g/mol. The van der Waals surface area contributed by atoms with E-state index in [4.69, 9.17) is 18.9 Å². The summed E-state index contributed by atoms with van der Waals surface area (Å²) in [4.78, 5) is 29.4. The standard InChI is InChI=1S/C41H57N3O8/c45-37(36(25-30-7-2-1-3-8-30)42-41(48)52-34-17-21-50-28-34)27-32(40(47)43-39-35-12-5-4-10-31(35)26-38(39)46)11-6-9-29-13-15-33(16-14-29)51-24-20-44-18-22-49-23-19-44/h4-6,9-10,12-16,30,32,34,36-39,45-46H,1-3,7-8,11,17-28H2,(H,42,48)(H,43,47)/b9-6+/t32-,34+,36+,37+,38-,39+/m1/s1. The van der Waals surface area contributed by atoms with Gasteiger partial charge in [-0.2, -0.15) is 0 Å². The van der Waals surface area contributed by atoms with E-state index in [1.807, 2.05) is 60.7 Å². The third-order valence-electron chi connectivity index (χ3n) is 11.0. The third-order valence-corrected chi connectivity index (χ3v) is 11.0. The molecule has 2 aromatic carbocycles. The number of fused-ring (bicyclic) bond motifs is 1. The van der Waals surface area contributed by atoms with Crippen LogP contribution in [-0.4, -0.2) is 104 Å². The fraction of sp³-hybridized carbons (Fsp3) is 0.610. The zero-order valence-electron chi connectivity index (χ0n) is 30.3. The van der Waals surface area contributed by atoms with E-state index in [1.165, 1.54) is 6.42 Å². The van der Waals surface area contributed by atoms with E-state index >= 15 is 0 Å². The van der Waals surface area contributed by atoms with E-state index < -0.39 is 36.3 Å². The first-order valence-corrected chi connectivity index (χ1v) is 19.4. The average Bonchev–Trinajstić information content (AvgIpc) is 3.79. The molecule has 11 heteroatoms. The van der Waals surface area contributed by atoms with Gasteiger partial charge in [-0.05, 0) is 54.0 Å². The van der Waals surface area contributed by atoms with Gasteiger partial charge in [-0.3, -0.25) is 9.69 Å². The van der Waals surface area contributed by atoms with E-state index in [2.05, 4.69) is 15.5 Å². The molecule has 6 atom stereocenters. The number of carbonyl (C=O) groups excluding carboxylic acids is 2. The molecule has 0 bridgehead atoms. The van der Waals surface area contributed by atoms with Gasteiger partial charge >= 0.3 is 6.09 Å². The lowest BCUT2D eigenvalue weighted by atomic mass is 9.82. The van der Waals surface area contributed by atoms with Gasteiger partial charge in [0.15, 0.2) is 0 Å². The number of allylic oxidation sites excluding steroid dienone is 1. The number of hydrogen-bond acceptors (Lipinski definition) is 9. The number of nitrogens with zero attached hydrogens (tertiary/aromatic N) is 1. The number of nitrogens with one attached hydrogen (secondary N) is 2. The molecule has 3 fully saturated rings. The summed E-state index contributed by atoms with van der Waals surface area (Å²) >= 11 is 0. The highest BCUT2D eigenvalue weighted by Gasteiger charge is 2.36. The van der Waals surface area contributed by atoms with Crippen LogP contribution in [0.1, 0.15) is 80.5 Å². The van der Waals surface area contributed by atoms with Gasteiger partial charge in [0, 0.05) is 38.4 Å². The first kappa shape index (κ1) is 38.3. The number of ether oxygens (including phenoxy) is 4. The number of aliphatic hydroxyl groups is 2. The highest BCUT2D eigenvalue weighted by atomic mass is 16.6. The molecular weight excluding hydrogens is 662 g/mol. The number of amides is 2. The highest BCUT2D eigenvalue weighted by Crippen LogP contribution is 2.33. The fourth-order valence-electron chi connectivity index (χ4n) is 7.98. The van der Waals surface area contributed by atoms with Gasteiger partial charge < -0.3 is 39.8 Å². The van der Waals surface area contributed by atoms with E-state index in [0.717, 1.165) is 81.0 Å². The lowest BCUT2D eigenvalue weighted by Gasteiger charge is -2.32. The van der Waals surface area contributed by atoms with Crippen molar-refractivity contribution >= 4 is 18.1 Å². The van der Waals surface area contributed by atoms with E-state index in [0.29, 0.717) is 51.4 Å². The van der Waals surface area contributed by atoms with Crippen molar-refractivity contribution in [3.8, 4) is 5.75 Å². The zero-order valence-corrected chi connectivity index (χ0v) is 30.3. The van der Waals surface area contributed by atoms with Crippen molar-refractivity contribution in [3.63, 3.8) is 0 Å². The molecule has 2 amide bonds. The van der Waals surface area contributed by atoms with Crippen molar-refractivity contribution in [1.29, 1.82) is 0 Å². The second kappa shape index (κ2) is 19.6. The van der Waals surface area contributed by atoms with Gasteiger partial charge in [0.1, 0.15) is 18.5 Å². The summed E-state index contributed by atoms with van der Waals surface area (Å²) < 4.78 is 22.4. The number of aliphatic hydroxyl groups excluding tert-OH is 2. The van der Waals surface area contributed by atoms with E-state index in [-0.39, 0.29) is 18.4 Å². The molecule has 0 spiro atoms. The Morgan fingerprint density at radius 1 is 0.981 bits per heavy atom. The van der Waals surface area contributed by atoms with Gasteiger partial charge in [0.05, 0.1) is 50.7 Å². The van der Waals surface area contributed by atoms with Crippen LogP contribution in [0.3, 0.4) is 0 Å². The van der Waals surface area contributed by atoms with Crippen molar-refractivity contribution < 1.29 is 38.7 Å². The molecule has 2 aliphatic carbocycles. The second-order valence-corrected chi connectivity index (χ2v) is 14.8. The summed E-state index contributed by atoms with van der Waals surface area (Å²) in [6.45, 7) is 5.79. The molecule has 0 aromatic heterocycles. The van der Waals surface area contributed by atoms with Crippen LogP contribution in [0.25, 0.3) is 6.08 Å². The van der Waals surface area contributed by atoms with Crippen LogP contribution in [0.15, 0.2) is 54.6 Å². The smallest absolute Gasteiger partial charge is 0.407 e. The minimum atomic E-state index is -0.979. The SMILES string of the molecule is O=C(N[C@@H](CC1CCCCC1)[C@@H](O)C[C@@H](C/C=C/c1ccc(OCCN2CCOCC2)cc1)C(=O)N[C@H]1c2ccccc2C[C@H]1O)O[C@H]1CCOC1. The Morgan fingerprint density at radius 3 is 2.54 bits per heavy atom. The monoisotopic (exact) mass is 719 g/mol. The molecule has 4 aliphatic rings. The van der Waals surface area contributed by atoms with E-state index in [1.54, 1.807) is 0 Å². The largest absolute Gasteiger partial charge is 0.492 e. The summed E-state index contributed by atoms with van der Waals surface area (Å²) in [6, 6.07) is 14.6. The van der Waals surface area contributed by atoms with Crippen molar-refractivity contribution in [2.45, 2.75) is 94.6 Å². The molecule has 52 heavy (non-hydrogen) atoms. The molecular formula is C41H57N3O8. The molecule has 11 nitrogen and oxygen atoms in total. The molecule has 2 heterocycles. The minimum Gasteiger partial charge on any atom is -0.492 e. The Morgan fingerprint density at radius 2 is 1.77 bits per heavy atom. The van der Waals surface area contributed by atoms with Crippen LogP contribution in [-0.2, 0) is 25.4 Å². The van der Waals surface area contributed by atoms with Gasteiger partial charge in [-0.1, -0.05) is 80.7 Å². The van der Waals surface area contributed by atoms with Crippen LogP contribution in [0, 0.1) is 11.8 Å². The Balaban J connectivity index is 1.11. The van der Waals surface area contributed by atoms with Crippen LogP contribution in [0.5, 0.6) is 5.75 Å².